The molecule has 1 N–H and O–H groups in total. The second-order valence-electron chi connectivity index (χ2n) is 5.68. The Morgan fingerprint density at radius 1 is 1.26 bits per heavy atom. The van der Waals surface area contributed by atoms with Gasteiger partial charge in [0.15, 0.2) is 0 Å². The second kappa shape index (κ2) is 5.83. The molecule has 0 amide bonds. The molecule has 1 aliphatic carbocycles. The van der Waals surface area contributed by atoms with E-state index in [0.29, 0.717) is 0 Å². The molecule has 3 rings (SSSR count). The van der Waals surface area contributed by atoms with Crippen LogP contribution >= 0.6 is 0 Å². The molecular weight excluding hydrogens is 236 g/mol. The number of benzene rings is 1. The van der Waals surface area contributed by atoms with Gasteiger partial charge < -0.3 is 15.0 Å². The highest BCUT2D eigenvalue weighted by molar-refractivity contribution is 5.59. The van der Waals surface area contributed by atoms with Crippen LogP contribution in [0.1, 0.15) is 26.2 Å². The second-order valence-corrected chi connectivity index (χ2v) is 5.68. The topological polar surface area (TPSA) is 24.5 Å². The van der Waals surface area contributed by atoms with Crippen molar-refractivity contribution in [2.24, 2.45) is 5.92 Å². The SMILES string of the molecule is CCOc1ccccc1N1CCC(CNC2CC2)C1. The van der Waals surface area contributed by atoms with Crippen LogP contribution in [0.4, 0.5) is 5.69 Å². The summed E-state index contributed by atoms with van der Waals surface area (Å²) >= 11 is 0. The molecule has 0 radical (unpaired) electrons. The normalized spacial score (nSPS) is 22.8. The summed E-state index contributed by atoms with van der Waals surface area (Å²) < 4.78 is 5.74. The van der Waals surface area contributed by atoms with Crippen molar-refractivity contribution in [1.29, 1.82) is 0 Å². The Labute approximate surface area is 115 Å². The third-order valence-electron chi connectivity index (χ3n) is 4.06. The Kier molecular flexibility index (Phi) is 3.92. The van der Waals surface area contributed by atoms with Gasteiger partial charge in [0, 0.05) is 19.1 Å². The molecule has 1 aromatic carbocycles. The average Bonchev–Trinajstić information content (AvgIpc) is 3.15. The molecule has 1 saturated carbocycles. The summed E-state index contributed by atoms with van der Waals surface area (Å²) in [6.07, 6.45) is 4.05. The van der Waals surface area contributed by atoms with E-state index < -0.39 is 0 Å². The van der Waals surface area contributed by atoms with Crippen LogP contribution in [0, 0.1) is 5.92 Å². The minimum absolute atomic E-state index is 0.734. The molecule has 3 heteroatoms. The van der Waals surface area contributed by atoms with E-state index in [2.05, 4.69) is 34.5 Å². The first-order valence-electron chi connectivity index (χ1n) is 7.57. The molecule has 104 valence electrons. The Balaban J connectivity index is 1.59. The van der Waals surface area contributed by atoms with E-state index >= 15 is 0 Å². The van der Waals surface area contributed by atoms with Gasteiger partial charge in [-0.1, -0.05) is 12.1 Å². The number of nitrogens with one attached hydrogen (secondary N) is 1. The summed E-state index contributed by atoms with van der Waals surface area (Å²) in [5, 5.41) is 3.65. The lowest BCUT2D eigenvalue weighted by molar-refractivity contribution is 0.340. The molecule has 1 saturated heterocycles. The van der Waals surface area contributed by atoms with Gasteiger partial charge in [-0.3, -0.25) is 0 Å². The quantitative estimate of drug-likeness (QED) is 0.851. The van der Waals surface area contributed by atoms with Crippen molar-refractivity contribution in [1.82, 2.24) is 5.32 Å². The van der Waals surface area contributed by atoms with Crippen molar-refractivity contribution in [2.45, 2.75) is 32.2 Å². The largest absolute Gasteiger partial charge is 0.492 e. The van der Waals surface area contributed by atoms with Crippen molar-refractivity contribution in [3.8, 4) is 5.75 Å². The lowest BCUT2D eigenvalue weighted by Crippen LogP contribution is -2.27. The maximum atomic E-state index is 5.74. The Morgan fingerprint density at radius 3 is 2.89 bits per heavy atom. The van der Waals surface area contributed by atoms with E-state index in [9.17, 15) is 0 Å². The van der Waals surface area contributed by atoms with Crippen LogP contribution in [0.2, 0.25) is 0 Å². The van der Waals surface area contributed by atoms with Crippen molar-refractivity contribution in [2.75, 3.05) is 31.1 Å². The molecule has 2 fully saturated rings. The first kappa shape index (κ1) is 12.8. The molecule has 1 atom stereocenters. The molecule has 3 nitrogen and oxygen atoms in total. The van der Waals surface area contributed by atoms with E-state index in [1.807, 2.05) is 6.92 Å². The molecule has 2 aliphatic rings. The van der Waals surface area contributed by atoms with E-state index in [0.717, 1.165) is 37.4 Å². The maximum absolute atomic E-state index is 5.74. The lowest BCUT2D eigenvalue weighted by Gasteiger charge is -2.22. The Morgan fingerprint density at radius 2 is 2.11 bits per heavy atom. The van der Waals surface area contributed by atoms with Crippen LogP contribution in [-0.2, 0) is 0 Å². The summed E-state index contributed by atoms with van der Waals surface area (Å²) in [7, 11) is 0. The predicted octanol–water partition coefficient (Wildman–Crippen LogP) is 2.66. The summed E-state index contributed by atoms with van der Waals surface area (Å²) in [5.74, 6) is 1.82. The highest BCUT2D eigenvalue weighted by atomic mass is 16.5. The molecular formula is C16H24N2O. The van der Waals surface area contributed by atoms with Gasteiger partial charge in [-0.25, -0.2) is 0 Å². The van der Waals surface area contributed by atoms with Crippen LogP contribution < -0.4 is 15.0 Å². The maximum Gasteiger partial charge on any atom is 0.142 e. The Hall–Kier alpha value is -1.22. The Bertz CT molecular complexity index is 417. The molecule has 19 heavy (non-hydrogen) atoms. The fraction of sp³-hybridized carbons (Fsp3) is 0.625. The fourth-order valence-electron chi connectivity index (χ4n) is 2.83. The third-order valence-corrected chi connectivity index (χ3v) is 4.06. The highest BCUT2D eigenvalue weighted by Gasteiger charge is 2.27. The van der Waals surface area contributed by atoms with Crippen molar-refractivity contribution >= 4 is 5.69 Å². The molecule has 0 aromatic heterocycles. The molecule has 0 spiro atoms. The predicted molar refractivity (Wildman–Crippen MR) is 79.0 cm³/mol. The van der Waals surface area contributed by atoms with E-state index in [1.165, 1.54) is 31.5 Å². The number of hydrogen-bond donors (Lipinski definition) is 1. The van der Waals surface area contributed by atoms with Gasteiger partial charge in [0.1, 0.15) is 5.75 Å². The van der Waals surface area contributed by atoms with Crippen LogP contribution in [0.3, 0.4) is 0 Å². The number of ether oxygens (including phenoxy) is 1. The first-order chi connectivity index (χ1) is 9.36. The monoisotopic (exact) mass is 260 g/mol. The zero-order valence-electron chi connectivity index (χ0n) is 11.8. The zero-order chi connectivity index (χ0) is 13.1. The van der Waals surface area contributed by atoms with Crippen LogP contribution in [-0.4, -0.2) is 32.3 Å². The number of para-hydroxylation sites is 2. The van der Waals surface area contributed by atoms with Gasteiger partial charge in [-0.15, -0.1) is 0 Å². The van der Waals surface area contributed by atoms with E-state index in [4.69, 9.17) is 4.74 Å². The van der Waals surface area contributed by atoms with Gasteiger partial charge >= 0.3 is 0 Å². The van der Waals surface area contributed by atoms with E-state index in [-0.39, 0.29) is 0 Å². The summed E-state index contributed by atoms with van der Waals surface area (Å²) in [4.78, 5) is 2.48. The zero-order valence-corrected chi connectivity index (χ0v) is 11.8. The fourth-order valence-corrected chi connectivity index (χ4v) is 2.83. The van der Waals surface area contributed by atoms with Crippen molar-refractivity contribution in [3.63, 3.8) is 0 Å². The number of hydrogen-bond acceptors (Lipinski definition) is 3. The molecule has 1 unspecified atom stereocenters. The van der Waals surface area contributed by atoms with Crippen LogP contribution in [0.5, 0.6) is 5.75 Å². The minimum Gasteiger partial charge on any atom is -0.492 e. The summed E-state index contributed by atoms with van der Waals surface area (Å²) in [6.45, 7) is 6.27. The average molecular weight is 260 g/mol. The van der Waals surface area contributed by atoms with Gasteiger partial charge in [-0.2, -0.15) is 0 Å². The van der Waals surface area contributed by atoms with Crippen molar-refractivity contribution < 1.29 is 4.74 Å². The minimum atomic E-state index is 0.734. The highest BCUT2D eigenvalue weighted by Crippen LogP contribution is 2.32. The van der Waals surface area contributed by atoms with Gasteiger partial charge in [0.2, 0.25) is 0 Å². The molecule has 1 heterocycles. The molecule has 1 aliphatic heterocycles. The van der Waals surface area contributed by atoms with Crippen LogP contribution in [0.15, 0.2) is 24.3 Å². The van der Waals surface area contributed by atoms with Gasteiger partial charge in [0.25, 0.3) is 0 Å². The summed E-state index contributed by atoms with van der Waals surface area (Å²) in [6, 6.07) is 9.24. The van der Waals surface area contributed by atoms with Crippen LogP contribution in [0.25, 0.3) is 0 Å². The first-order valence-corrected chi connectivity index (χ1v) is 7.57. The van der Waals surface area contributed by atoms with Crippen molar-refractivity contribution in [3.05, 3.63) is 24.3 Å². The van der Waals surface area contributed by atoms with Gasteiger partial charge in [-0.05, 0) is 50.8 Å². The van der Waals surface area contributed by atoms with Gasteiger partial charge in [0.05, 0.1) is 12.3 Å². The molecule has 0 bridgehead atoms. The summed E-state index contributed by atoms with van der Waals surface area (Å²) in [5.41, 5.74) is 1.26. The van der Waals surface area contributed by atoms with E-state index in [1.54, 1.807) is 0 Å². The standard InChI is InChI=1S/C16H24N2O/c1-2-19-16-6-4-3-5-15(16)18-10-9-13(12-18)11-17-14-7-8-14/h3-6,13-14,17H,2,7-12H2,1H3. The number of rotatable bonds is 6. The molecule has 1 aromatic rings. The number of nitrogens with zero attached hydrogens (tertiary/aromatic N) is 1. The lowest BCUT2D eigenvalue weighted by atomic mass is 10.1. The smallest absolute Gasteiger partial charge is 0.142 e. The number of anilines is 1. The third kappa shape index (κ3) is 3.21.